The highest BCUT2D eigenvalue weighted by atomic mass is 16.2. The van der Waals surface area contributed by atoms with Gasteiger partial charge in [-0.1, -0.05) is 36.4 Å². The Balaban J connectivity index is 2.93. The first kappa shape index (κ1) is 12.5. The lowest BCUT2D eigenvalue weighted by atomic mass is 9.92. The maximum atomic E-state index is 12.1. The van der Waals surface area contributed by atoms with Crippen molar-refractivity contribution in [3.05, 3.63) is 48.6 Å². The fourth-order valence-electron chi connectivity index (χ4n) is 1.58. The average Bonchev–Trinajstić information content (AvgIpc) is 2.29. The quantitative estimate of drug-likeness (QED) is 0.779. The zero-order chi connectivity index (χ0) is 12.2. The monoisotopic (exact) mass is 218 g/mol. The summed E-state index contributed by atoms with van der Waals surface area (Å²) < 4.78 is 0. The van der Waals surface area contributed by atoms with Crippen molar-refractivity contribution in [2.45, 2.75) is 12.5 Å². The Morgan fingerprint density at radius 3 is 2.56 bits per heavy atom. The molecule has 1 unspecified atom stereocenters. The third-order valence-corrected chi connectivity index (χ3v) is 2.57. The van der Waals surface area contributed by atoms with E-state index >= 15 is 0 Å². The van der Waals surface area contributed by atoms with Crippen molar-refractivity contribution < 1.29 is 4.79 Å². The SMILES string of the molecule is C=CCN(C)C(=O)C(C)(N)c1ccccc1. The smallest absolute Gasteiger partial charge is 0.246 e. The van der Waals surface area contributed by atoms with Crippen molar-refractivity contribution in [2.75, 3.05) is 13.6 Å². The average molecular weight is 218 g/mol. The van der Waals surface area contributed by atoms with Gasteiger partial charge in [-0.25, -0.2) is 0 Å². The molecule has 0 aliphatic heterocycles. The van der Waals surface area contributed by atoms with Crippen molar-refractivity contribution in [1.82, 2.24) is 4.90 Å². The van der Waals surface area contributed by atoms with Crippen LogP contribution in [0.5, 0.6) is 0 Å². The van der Waals surface area contributed by atoms with Crippen LogP contribution in [0.2, 0.25) is 0 Å². The first-order chi connectivity index (χ1) is 7.50. The van der Waals surface area contributed by atoms with Crippen LogP contribution in [0.15, 0.2) is 43.0 Å². The van der Waals surface area contributed by atoms with Crippen LogP contribution in [0.4, 0.5) is 0 Å². The highest BCUT2D eigenvalue weighted by Gasteiger charge is 2.32. The van der Waals surface area contributed by atoms with Gasteiger partial charge in [0.1, 0.15) is 5.54 Å². The summed E-state index contributed by atoms with van der Waals surface area (Å²) in [6.07, 6.45) is 1.68. The molecular weight excluding hydrogens is 200 g/mol. The summed E-state index contributed by atoms with van der Waals surface area (Å²) in [5.74, 6) is -0.112. The third kappa shape index (κ3) is 2.49. The largest absolute Gasteiger partial charge is 0.340 e. The van der Waals surface area contributed by atoms with Gasteiger partial charge in [-0.3, -0.25) is 4.79 Å². The Bertz CT molecular complexity index is 371. The molecule has 1 amide bonds. The number of carbonyl (C=O) groups excluding carboxylic acids is 1. The zero-order valence-electron chi connectivity index (χ0n) is 9.81. The van der Waals surface area contributed by atoms with E-state index in [1.165, 1.54) is 0 Å². The molecule has 0 bridgehead atoms. The number of hydrogen-bond donors (Lipinski definition) is 1. The Hall–Kier alpha value is -1.61. The van der Waals surface area contributed by atoms with Gasteiger partial charge in [-0.15, -0.1) is 6.58 Å². The van der Waals surface area contributed by atoms with E-state index in [0.29, 0.717) is 6.54 Å². The van der Waals surface area contributed by atoms with Gasteiger partial charge in [0.15, 0.2) is 0 Å². The van der Waals surface area contributed by atoms with E-state index in [-0.39, 0.29) is 5.91 Å². The molecule has 2 N–H and O–H groups in total. The normalized spacial score (nSPS) is 13.9. The zero-order valence-corrected chi connectivity index (χ0v) is 9.81. The third-order valence-electron chi connectivity index (χ3n) is 2.57. The number of nitrogens with zero attached hydrogens (tertiary/aromatic N) is 1. The van der Waals surface area contributed by atoms with Crippen LogP contribution in [0.25, 0.3) is 0 Å². The van der Waals surface area contributed by atoms with E-state index in [0.717, 1.165) is 5.56 Å². The van der Waals surface area contributed by atoms with E-state index < -0.39 is 5.54 Å². The lowest BCUT2D eigenvalue weighted by molar-refractivity contribution is -0.134. The van der Waals surface area contributed by atoms with Crippen LogP contribution in [0, 0.1) is 0 Å². The standard InChI is InChI=1S/C13H18N2O/c1-4-10-15(3)12(16)13(2,14)11-8-6-5-7-9-11/h4-9H,1,10,14H2,2-3H3. The summed E-state index contributed by atoms with van der Waals surface area (Å²) >= 11 is 0. The van der Waals surface area contributed by atoms with Crippen LogP contribution in [0.1, 0.15) is 12.5 Å². The molecule has 0 radical (unpaired) electrons. The Morgan fingerprint density at radius 1 is 1.50 bits per heavy atom. The van der Waals surface area contributed by atoms with Crippen molar-refractivity contribution in [2.24, 2.45) is 5.73 Å². The molecule has 3 heteroatoms. The molecule has 86 valence electrons. The van der Waals surface area contributed by atoms with E-state index in [2.05, 4.69) is 6.58 Å². The molecule has 1 atom stereocenters. The topological polar surface area (TPSA) is 46.3 Å². The molecule has 0 fully saturated rings. The summed E-state index contributed by atoms with van der Waals surface area (Å²) in [6.45, 7) is 5.83. The van der Waals surface area contributed by atoms with E-state index in [4.69, 9.17) is 5.73 Å². The molecule has 0 saturated carbocycles. The molecule has 0 spiro atoms. The number of benzene rings is 1. The maximum Gasteiger partial charge on any atom is 0.246 e. The predicted octanol–water partition coefficient (Wildman–Crippen LogP) is 1.50. The fourth-order valence-corrected chi connectivity index (χ4v) is 1.58. The second kappa shape index (κ2) is 4.94. The Kier molecular flexibility index (Phi) is 3.85. The number of likely N-dealkylation sites (N-methyl/N-ethyl adjacent to an activating group) is 1. The molecule has 1 aromatic carbocycles. The van der Waals surface area contributed by atoms with E-state index in [1.54, 1.807) is 24.9 Å². The second-order valence-corrected chi connectivity index (χ2v) is 4.04. The molecule has 0 saturated heterocycles. The van der Waals surface area contributed by atoms with Gasteiger partial charge in [-0.05, 0) is 12.5 Å². The number of amides is 1. The van der Waals surface area contributed by atoms with Crippen LogP contribution in [0.3, 0.4) is 0 Å². The lowest BCUT2D eigenvalue weighted by Crippen LogP contribution is -2.49. The van der Waals surface area contributed by atoms with E-state index in [1.807, 2.05) is 30.3 Å². The van der Waals surface area contributed by atoms with Crippen molar-refractivity contribution in [1.29, 1.82) is 0 Å². The molecular formula is C13H18N2O. The van der Waals surface area contributed by atoms with Gasteiger partial charge < -0.3 is 10.6 Å². The number of rotatable bonds is 4. The van der Waals surface area contributed by atoms with Crippen molar-refractivity contribution in [3.63, 3.8) is 0 Å². The molecule has 1 aromatic rings. The molecule has 16 heavy (non-hydrogen) atoms. The summed E-state index contributed by atoms with van der Waals surface area (Å²) in [5.41, 5.74) is 5.92. The summed E-state index contributed by atoms with van der Waals surface area (Å²) in [5, 5.41) is 0. The number of nitrogens with two attached hydrogens (primary N) is 1. The minimum absolute atomic E-state index is 0.112. The first-order valence-corrected chi connectivity index (χ1v) is 5.21. The van der Waals surface area contributed by atoms with Crippen LogP contribution in [-0.2, 0) is 10.3 Å². The summed E-state index contributed by atoms with van der Waals surface area (Å²) in [7, 11) is 1.72. The minimum atomic E-state index is -0.987. The maximum absolute atomic E-state index is 12.1. The Morgan fingerprint density at radius 2 is 2.06 bits per heavy atom. The minimum Gasteiger partial charge on any atom is -0.340 e. The molecule has 0 heterocycles. The predicted molar refractivity (Wildman–Crippen MR) is 65.8 cm³/mol. The van der Waals surface area contributed by atoms with Crippen molar-refractivity contribution in [3.8, 4) is 0 Å². The van der Waals surface area contributed by atoms with Gasteiger partial charge in [0.05, 0.1) is 0 Å². The summed E-state index contributed by atoms with van der Waals surface area (Å²) in [4.78, 5) is 13.7. The number of hydrogen-bond acceptors (Lipinski definition) is 2. The molecule has 0 aliphatic carbocycles. The highest BCUT2D eigenvalue weighted by Crippen LogP contribution is 2.19. The van der Waals surface area contributed by atoms with E-state index in [9.17, 15) is 4.79 Å². The van der Waals surface area contributed by atoms with Gasteiger partial charge in [-0.2, -0.15) is 0 Å². The van der Waals surface area contributed by atoms with Crippen molar-refractivity contribution >= 4 is 5.91 Å². The molecule has 0 aromatic heterocycles. The first-order valence-electron chi connectivity index (χ1n) is 5.21. The van der Waals surface area contributed by atoms with Gasteiger partial charge in [0, 0.05) is 13.6 Å². The van der Waals surface area contributed by atoms with Gasteiger partial charge in [0.2, 0.25) is 5.91 Å². The van der Waals surface area contributed by atoms with Crippen LogP contribution < -0.4 is 5.73 Å². The summed E-state index contributed by atoms with van der Waals surface area (Å²) in [6, 6.07) is 9.37. The lowest BCUT2D eigenvalue weighted by Gasteiger charge is -2.29. The molecule has 0 aliphatic rings. The molecule has 3 nitrogen and oxygen atoms in total. The second-order valence-electron chi connectivity index (χ2n) is 4.04. The highest BCUT2D eigenvalue weighted by molar-refractivity contribution is 5.87. The fraction of sp³-hybridized carbons (Fsp3) is 0.308. The van der Waals surface area contributed by atoms with Gasteiger partial charge >= 0.3 is 0 Å². The van der Waals surface area contributed by atoms with Crippen LogP contribution in [-0.4, -0.2) is 24.4 Å². The van der Waals surface area contributed by atoms with Crippen LogP contribution >= 0.6 is 0 Å². The number of carbonyl (C=O) groups is 1. The van der Waals surface area contributed by atoms with Gasteiger partial charge in [0.25, 0.3) is 0 Å². The molecule has 1 rings (SSSR count). The Labute approximate surface area is 96.6 Å².